The summed E-state index contributed by atoms with van der Waals surface area (Å²) in [6.45, 7) is 5.15. The Kier molecular flexibility index (Phi) is 5.55. The fourth-order valence-electron chi connectivity index (χ4n) is 2.42. The number of nitrogens with zero attached hydrogens (tertiary/aromatic N) is 5. The van der Waals surface area contributed by atoms with Crippen LogP contribution in [0.25, 0.3) is 0 Å². The minimum Gasteiger partial charge on any atom is -0.368 e. The molecule has 1 atom stereocenters. The molecule has 1 aromatic rings. The van der Waals surface area contributed by atoms with Crippen molar-refractivity contribution in [1.29, 1.82) is 0 Å². The summed E-state index contributed by atoms with van der Waals surface area (Å²) in [6, 6.07) is 0.295. The summed E-state index contributed by atoms with van der Waals surface area (Å²) in [5, 5.41) is 3.32. The zero-order valence-electron chi connectivity index (χ0n) is 13.3. The Morgan fingerprint density at radius 1 is 1.19 bits per heavy atom. The van der Waals surface area contributed by atoms with Crippen LogP contribution < -0.4 is 16.0 Å². The predicted octanol–water partition coefficient (Wildman–Crippen LogP) is 1.20. The molecule has 0 amide bonds. The fraction of sp³-hybridized carbons (Fsp3) is 0.786. The maximum atomic E-state index is 5.83. The average molecular weight is 293 g/mol. The standard InChI is InChI=1S/C14H27N7/c1-11(7-10-20(2)3)16-13-17-12(15)18-14(19-13)21-8-5-4-6-9-21/h11H,4-10H2,1-3H3,(H3,15,16,17,18,19). The number of hydrogen-bond donors (Lipinski definition) is 2. The summed E-state index contributed by atoms with van der Waals surface area (Å²) >= 11 is 0. The highest BCUT2D eigenvalue weighted by atomic mass is 15.3. The van der Waals surface area contributed by atoms with Gasteiger partial charge in [-0.25, -0.2) is 0 Å². The maximum Gasteiger partial charge on any atom is 0.231 e. The predicted molar refractivity (Wildman–Crippen MR) is 86.6 cm³/mol. The van der Waals surface area contributed by atoms with Crippen LogP contribution in [0.2, 0.25) is 0 Å². The molecule has 1 fully saturated rings. The Labute approximate surface area is 127 Å². The Morgan fingerprint density at radius 3 is 2.57 bits per heavy atom. The molecule has 118 valence electrons. The van der Waals surface area contributed by atoms with Gasteiger partial charge in [0.25, 0.3) is 0 Å². The SMILES string of the molecule is CC(CCN(C)C)Nc1nc(N)nc(N2CCCCC2)n1. The molecule has 1 unspecified atom stereocenters. The van der Waals surface area contributed by atoms with E-state index in [0.717, 1.165) is 26.1 Å². The van der Waals surface area contributed by atoms with E-state index < -0.39 is 0 Å². The molecule has 0 spiro atoms. The highest BCUT2D eigenvalue weighted by Crippen LogP contribution is 2.18. The van der Waals surface area contributed by atoms with E-state index in [4.69, 9.17) is 5.73 Å². The van der Waals surface area contributed by atoms with Crippen LogP contribution >= 0.6 is 0 Å². The molecule has 2 heterocycles. The maximum absolute atomic E-state index is 5.83. The molecular formula is C14H27N7. The first-order chi connectivity index (χ1) is 10.0. The lowest BCUT2D eigenvalue weighted by Gasteiger charge is -2.27. The Hall–Kier alpha value is -1.63. The molecule has 3 N–H and O–H groups in total. The lowest BCUT2D eigenvalue weighted by atomic mass is 10.1. The van der Waals surface area contributed by atoms with Crippen molar-refractivity contribution >= 4 is 17.8 Å². The van der Waals surface area contributed by atoms with Crippen LogP contribution in [0.1, 0.15) is 32.6 Å². The van der Waals surface area contributed by atoms with E-state index in [2.05, 4.69) is 51.1 Å². The van der Waals surface area contributed by atoms with Crippen LogP contribution in [-0.4, -0.2) is 59.6 Å². The van der Waals surface area contributed by atoms with E-state index in [-0.39, 0.29) is 5.95 Å². The summed E-state index contributed by atoms with van der Waals surface area (Å²) in [4.78, 5) is 17.4. The first-order valence-corrected chi connectivity index (χ1v) is 7.72. The van der Waals surface area contributed by atoms with Gasteiger partial charge in [0.1, 0.15) is 0 Å². The molecule has 1 saturated heterocycles. The fourth-order valence-corrected chi connectivity index (χ4v) is 2.42. The molecule has 2 rings (SSSR count). The molecule has 0 aromatic carbocycles. The molecule has 0 aliphatic carbocycles. The van der Waals surface area contributed by atoms with Gasteiger partial charge in [0.15, 0.2) is 0 Å². The van der Waals surface area contributed by atoms with Crippen molar-refractivity contribution in [3.05, 3.63) is 0 Å². The van der Waals surface area contributed by atoms with Crippen molar-refractivity contribution in [3.8, 4) is 0 Å². The van der Waals surface area contributed by atoms with Gasteiger partial charge in [-0.3, -0.25) is 0 Å². The summed E-state index contributed by atoms with van der Waals surface area (Å²) < 4.78 is 0. The Balaban J connectivity index is 2.00. The molecular weight excluding hydrogens is 266 g/mol. The number of nitrogens with two attached hydrogens (primary N) is 1. The molecule has 7 nitrogen and oxygen atoms in total. The van der Waals surface area contributed by atoms with Crippen molar-refractivity contribution < 1.29 is 0 Å². The number of piperidine rings is 1. The van der Waals surface area contributed by atoms with Gasteiger partial charge in [0.2, 0.25) is 17.8 Å². The molecule has 7 heteroatoms. The molecule has 21 heavy (non-hydrogen) atoms. The lowest BCUT2D eigenvalue weighted by Crippen LogP contribution is -2.32. The topological polar surface area (TPSA) is 83.2 Å². The van der Waals surface area contributed by atoms with Crippen LogP contribution in [0.5, 0.6) is 0 Å². The van der Waals surface area contributed by atoms with Crippen LogP contribution in [0.4, 0.5) is 17.8 Å². The summed E-state index contributed by atoms with van der Waals surface area (Å²) in [7, 11) is 4.14. The summed E-state index contributed by atoms with van der Waals surface area (Å²) in [6.07, 6.45) is 4.68. The number of nitrogens with one attached hydrogen (secondary N) is 1. The van der Waals surface area contributed by atoms with Crippen LogP contribution in [0.15, 0.2) is 0 Å². The van der Waals surface area contributed by atoms with Crippen molar-refractivity contribution in [2.24, 2.45) is 0 Å². The number of anilines is 3. The van der Waals surface area contributed by atoms with E-state index in [1.54, 1.807) is 0 Å². The second kappa shape index (κ2) is 7.40. The molecule has 1 aliphatic rings. The van der Waals surface area contributed by atoms with Crippen LogP contribution in [0.3, 0.4) is 0 Å². The van der Waals surface area contributed by atoms with E-state index in [9.17, 15) is 0 Å². The largest absolute Gasteiger partial charge is 0.368 e. The monoisotopic (exact) mass is 293 g/mol. The lowest BCUT2D eigenvalue weighted by molar-refractivity contribution is 0.390. The Morgan fingerprint density at radius 2 is 1.90 bits per heavy atom. The smallest absolute Gasteiger partial charge is 0.231 e. The van der Waals surface area contributed by atoms with Crippen molar-refractivity contribution in [3.63, 3.8) is 0 Å². The molecule has 0 radical (unpaired) electrons. The van der Waals surface area contributed by atoms with E-state index in [1.165, 1.54) is 19.3 Å². The van der Waals surface area contributed by atoms with Crippen molar-refractivity contribution in [2.45, 2.75) is 38.6 Å². The second-order valence-corrected chi connectivity index (χ2v) is 6.00. The minimum absolute atomic E-state index is 0.285. The first kappa shape index (κ1) is 15.8. The van der Waals surface area contributed by atoms with Gasteiger partial charge in [-0.05, 0) is 53.2 Å². The minimum atomic E-state index is 0.285. The summed E-state index contributed by atoms with van der Waals surface area (Å²) in [5.41, 5.74) is 5.83. The van der Waals surface area contributed by atoms with Gasteiger partial charge in [-0.2, -0.15) is 15.0 Å². The van der Waals surface area contributed by atoms with Gasteiger partial charge in [0, 0.05) is 19.1 Å². The molecule has 0 saturated carbocycles. The third-order valence-corrected chi connectivity index (χ3v) is 3.66. The zero-order chi connectivity index (χ0) is 15.2. The van der Waals surface area contributed by atoms with E-state index in [1.807, 2.05) is 0 Å². The quantitative estimate of drug-likeness (QED) is 0.815. The van der Waals surface area contributed by atoms with Gasteiger partial charge in [-0.15, -0.1) is 0 Å². The highest BCUT2D eigenvalue weighted by molar-refractivity contribution is 5.42. The van der Waals surface area contributed by atoms with E-state index in [0.29, 0.717) is 17.9 Å². The third-order valence-electron chi connectivity index (χ3n) is 3.66. The number of aromatic nitrogens is 3. The average Bonchev–Trinajstić information content (AvgIpc) is 2.45. The van der Waals surface area contributed by atoms with Crippen molar-refractivity contribution in [2.75, 3.05) is 49.7 Å². The second-order valence-electron chi connectivity index (χ2n) is 6.00. The van der Waals surface area contributed by atoms with Gasteiger partial charge in [-0.1, -0.05) is 0 Å². The number of rotatable bonds is 6. The normalized spacial score (nSPS) is 17.0. The van der Waals surface area contributed by atoms with Crippen molar-refractivity contribution in [1.82, 2.24) is 19.9 Å². The zero-order valence-corrected chi connectivity index (χ0v) is 13.3. The molecule has 1 aromatic heterocycles. The van der Waals surface area contributed by atoms with Crippen LogP contribution in [-0.2, 0) is 0 Å². The molecule has 0 bridgehead atoms. The third kappa shape index (κ3) is 5.00. The molecule has 1 aliphatic heterocycles. The first-order valence-electron chi connectivity index (χ1n) is 7.72. The number of hydrogen-bond acceptors (Lipinski definition) is 7. The van der Waals surface area contributed by atoms with Gasteiger partial charge < -0.3 is 20.9 Å². The van der Waals surface area contributed by atoms with Crippen LogP contribution in [0, 0.1) is 0 Å². The van der Waals surface area contributed by atoms with Gasteiger partial charge in [0.05, 0.1) is 0 Å². The summed E-state index contributed by atoms with van der Waals surface area (Å²) in [5.74, 6) is 1.56. The van der Waals surface area contributed by atoms with Gasteiger partial charge >= 0.3 is 0 Å². The highest BCUT2D eigenvalue weighted by Gasteiger charge is 2.16. The number of nitrogen functional groups attached to an aromatic ring is 1. The van der Waals surface area contributed by atoms with E-state index >= 15 is 0 Å². The Bertz CT molecular complexity index is 443.